The van der Waals surface area contributed by atoms with E-state index in [-0.39, 0.29) is 29.9 Å². The van der Waals surface area contributed by atoms with Crippen molar-refractivity contribution in [2.75, 3.05) is 26.2 Å². The molecule has 1 aromatic heterocycles. The fourth-order valence-corrected chi connectivity index (χ4v) is 2.69. The van der Waals surface area contributed by atoms with Crippen LogP contribution in [0.15, 0.2) is 52.2 Å². The molecular weight excluding hydrogens is 523 g/mol. The van der Waals surface area contributed by atoms with Crippen LogP contribution in [0.4, 0.5) is 0 Å². The molecule has 0 saturated carbocycles. The number of guanidine groups is 1. The Hall–Kier alpha value is -1.62. The number of rotatable bonds is 9. The van der Waals surface area contributed by atoms with Crippen molar-refractivity contribution >= 4 is 51.8 Å². The zero-order valence-corrected chi connectivity index (χ0v) is 19.2. The van der Waals surface area contributed by atoms with Gasteiger partial charge in [-0.2, -0.15) is 5.10 Å². The van der Waals surface area contributed by atoms with Crippen LogP contribution < -0.4 is 16.0 Å². The normalized spacial score (nSPS) is 10.8. The van der Waals surface area contributed by atoms with E-state index < -0.39 is 0 Å². The smallest absolute Gasteiger partial charge is 0.251 e. The maximum atomic E-state index is 12.1. The number of halogens is 2. The molecule has 0 spiro atoms. The summed E-state index contributed by atoms with van der Waals surface area (Å²) in [5.74, 6) is 0.666. The number of carbonyl (C=O) groups is 1. The molecule has 27 heavy (non-hydrogen) atoms. The highest BCUT2D eigenvalue weighted by molar-refractivity contribution is 14.0. The average Bonchev–Trinajstić information content (AvgIpc) is 3.15. The highest BCUT2D eigenvalue weighted by atomic mass is 127. The van der Waals surface area contributed by atoms with Crippen LogP contribution in [0.2, 0.25) is 0 Å². The predicted octanol–water partition coefficient (Wildman–Crippen LogP) is 2.64. The zero-order valence-electron chi connectivity index (χ0n) is 15.3. The Morgan fingerprint density at radius 1 is 1.22 bits per heavy atom. The number of benzene rings is 1. The lowest BCUT2D eigenvalue weighted by Crippen LogP contribution is -2.41. The van der Waals surface area contributed by atoms with Gasteiger partial charge in [0.15, 0.2) is 5.96 Å². The molecule has 1 heterocycles. The number of hydrogen-bond donors (Lipinski definition) is 3. The van der Waals surface area contributed by atoms with Gasteiger partial charge in [0.2, 0.25) is 0 Å². The molecule has 2 rings (SSSR count). The quantitative estimate of drug-likeness (QED) is 0.195. The predicted molar refractivity (Wildman–Crippen MR) is 123 cm³/mol. The number of nitrogens with zero attached hydrogens (tertiary/aromatic N) is 3. The van der Waals surface area contributed by atoms with E-state index in [9.17, 15) is 4.79 Å². The molecule has 9 heteroatoms. The van der Waals surface area contributed by atoms with E-state index in [1.54, 1.807) is 18.3 Å². The van der Waals surface area contributed by atoms with Gasteiger partial charge in [0, 0.05) is 55.2 Å². The molecule has 0 radical (unpaired) electrons. The first-order valence-electron chi connectivity index (χ1n) is 8.72. The fraction of sp³-hybridized carbons (Fsp3) is 0.389. The van der Waals surface area contributed by atoms with Gasteiger partial charge in [0.25, 0.3) is 5.91 Å². The van der Waals surface area contributed by atoms with Gasteiger partial charge in [-0.25, -0.2) is 0 Å². The maximum Gasteiger partial charge on any atom is 0.251 e. The van der Waals surface area contributed by atoms with E-state index in [0.29, 0.717) is 25.2 Å². The summed E-state index contributed by atoms with van der Waals surface area (Å²) in [7, 11) is 0. The second-order valence-electron chi connectivity index (χ2n) is 5.58. The summed E-state index contributed by atoms with van der Waals surface area (Å²) in [6.07, 6.45) is 4.64. The summed E-state index contributed by atoms with van der Waals surface area (Å²) in [6.45, 7) is 5.48. The number of carbonyl (C=O) groups excluding carboxylic acids is 1. The van der Waals surface area contributed by atoms with Crippen molar-refractivity contribution in [3.8, 4) is 0 Å². The first-order valence-corrected chi connectivity index (χ1v) is 9.51. The van der Waals surface area contributed by atoms with Crippen molar-refractivity contribution in [3.63, 3.8) is 0 Å². The molecule has 1 aromatic carbocycles. The van der Waals surface area contributed by atoms with Crippen LogP contribution in [-0.2, 0) is 6.54 Å². The largest absolute Gasteiger partial charge is 0.357 e. The summed E-state index contributed by atoms with van der Waals surface area (Å²) in [4.78, 5) is 16.6. The van der Waals surface area contributed by atoms with Gasteiger partial charge in [0.05, 0.1) is 0 Å². The summed E-state index contributed by atoms with van der Waals surface area (Å²) in [5, 5.41) is 13.5. The van der Waals surface area contributed by atoms with Crippen molar-refractivity contribution < 1.29 is 4.79 Å². The van der Waals surface area contributed by atoms with Crippen LogP contribution in [0.5, 0.6) is 0 Å². The standard InChI is InChI=1S/C18H25BrN6O.HI/c1-2-20-18(22-8-4-12-25-13-5-9-24-25)23-11-10-21-17(26)15-6-3-7-16(19)14-15;/h3,5-7,9,13-14H,2,4,8,10-12H2,1H3,(H,21,26)(H2,20,22,23);1H. The molecule has 2 aromatic rings. The third-order valence-electron chi connectivity index (χ3n) is 3.51. The molecule has 0 unspecified atom stereocenters. The Balaban J connectivity index is 0.00000364. The summed E-state index contributed by atoms with van der Waals surface area (Å²) >= 11 is 3.37. The van der Waals surface area contributed by atoms with Gasteiger partial charge < -0.3 is 16.0 Å². The van der Waals surface area contributed by atoms with Crippen molar-refractivity contribution in [1.29, 1.82) is 0 Å². The first-order chi connectivity index (χ1) is 12.7. The number of aryl methyl sites for hydroxylation is 1. The molecule has 0 aliphatic heterocycles. The molecule has 148 valence electrons. The summed E-state index contributed by atoms with van der Waals surface area (Å²) in [6, 6.07) is 9.24. The highest BCUT2D eigenvalue weighted by Gasteiger charge is 2.05. The van der Waals surface area contributed by atoms with Crippen molar-refractivity contribution in [1.82, 2.24) is 25.7 Å². The van der Waals surface area contributed by atoms with Gasteiger partial charge in [-0.1, -0.05) is 22.0 Å². The maximum absolute atomic E-state index is 12.1. The number of aromatic nitrogens is 2. The molecule has 0 fully saturated rings. The van der Waals surface area contributed by atoms with Crippen LogP contribution >= 0.6 is 39.9 Å². The molecule has 0 aliphatic carbocycles. The van der Waals surface area contributed by atoms with Crippen LogP contribution in [0.1, 0.15) is 23.7 Å². The monoisotopic (exact) mass is 548 g/mol. The third-order valence-corrected chi connectivity index (χ3v) is 4.00. The van der Waals surface area contributed by atoms with E-state index in [0.717, 1.165) is 29.9 Å². The topological polar surface area (TPSA) is 83.3 Å². The molecule has 0 bridgehead atoms. The first kappa shape index (κ1) is 23.4. The molecule has 0 aliphatic rings. The fourth-order valence-electron chi connectivity index (χ4n) is 2.29. The van der Waals surface area contributed by atoms with Gasteiger partial charge >= 0.3 is 0 Å². The van der Waals surface area contributed by atoms with Crippen LogP contribution in [-0.4, -0.2) is 47.8 Å². The van der Waals surface area contributed by atoms with Gasteiger partial charge in [-0.05, 0) is 37.6 Å². The molecule has 3 N–H and O–H groups in total. The van der Waals surface area contributed by atoms with E-state index in [1.807, 2.05) is 36.0 Å². The number of aliphatic imine (C=N–C) groups is 1. The number of nitrogens with one attached hydrogen (secondary N) is 3. The number of amides is 1. The van der Waals surface area contributed by atoms with Gasteiger partial charge in [-0.3, -0.25) is 14.5 Å². The minimum atomic E-state index is -0.0886. The Morgan fingerprint density at radius 3 is 2.74 bits per heavy atom. The Bertz CT molecular complexity index is 708. The average molecular weight is 549 g/mol. The van der Waals surface area contributed by atoms with E-state index in [2.05, 4.69) is 42.0 Å². The molecule has 0 saturated heterocycles. The third kappa shape index (κ3) is 9.23. The minimum Gasteiger partial charge on any atom is -0.357 e. The minimum absolute atomic E-state index is 0. The molecule has 0 atom stereocenters. The second-order valence-corrected chi connectivity index (χ2v) is 6.49. The number of hydrogen-bond acceptors (Lipinski definition) is 3. The van der Waals surface area contributed by atoms with E-state index in [4.69, 9.17) is 0 Å². The zero-order chi connectivity index (χ0) is 18.6. The van der Waals surface area contributed by atoms with Crippen molar-refractivity contribution in [2.24, 2.45) is 4.99 Å². The lowest BCUT2D eigenvalue weighted by Gasteiger charge is -2.12. The van der Waals surface area contributed by atoms with Crippen LogP contribution in [0.25, 0.3) is 0 Å². The summed E-state index contributed by atoms with van der Waals surface area (Å²) in [5.41, 5.74) is 0.638. The van der Waals surface area contributed by atoms with Gasteiger partial charge in [0.1, 0.15) is 0 Å². The molecule has 7 nitrogen and oxygen atoms in total. The van der Waals surface area contributed by atoms with E-state index in [1.165, 1.54) is 0 Å². The van der Waals surface area contributed by atoms with E-state index >= 15 is 0 Å². The lowest BCUT2D eigenvalue weighted by atomic mass is 10.2. The van der Waals surface area contributed by atoms with Crippen LogP contribution in [0, 0.1) is 0 Å². The van der Waals surface area contributed by atoms with Gasteiger partial charge in [-0.15, -0.1) is 24.0 Å². The summed E-state index contributed by atoms with van der Waals surface area (Å²) < 4.78 is 2.79. The Labute approximate surface area is 185 Å². The Morgan fingerprint density at radius 2 is 2.04 bits per heavy atom. The van der Waals surface area contributed by atoms with Crippen LogP contribution in [0.3, 0.4) is 0 Å². The second kappa shape index (κ2) is 13.5. The molecule has 1 amide bonds. The van der Waals surface area contributed by atoms with Crippen molar-refractivity contribution in [3.05, 3.63) is 52.8 Å². The Kier molecular flexibility index (Phi) is 11.7. The van der Waals surface area contributed by atoms with Crippen molar-refractivity contribution in [2.45, 2.75) is 19.9 Å². The highest BCUT2D eigenvalue weighted by Crippen LogP contribution is 2.11. The molecular formula is C18H26BrIN6O. The lowest BCUT2D eigenvalue weighted by molar-refractivity contribution is 0.0954. The SMILES string of the molecule is CCNC(=NCCCn1cccn1)NCCNC(=O)c1cccc(Br)c1.I.